The molecule has 4 N–H and O–H groups in total. The summed E-state index contributed by atoms with van der Waals surface area (Å²) >= 11 is 0. The maximum Gasteiger partial charge on any atom is 0.0761 e. The molecule has 0 saturated heterocycles. The van der Waals surface area contributed by atoms with Crippen LogP contribution in [0.15, 0.2) is 24.3 Å². The normalized spacial score (nSPS) is 14.7. The van der Waals surface area contributed by atoms with Crippen LogP contribution in [-0.4, -0.2) is 17.7 Å². The van der Waals surface area contributed by atoms with E-state index in [1.807, 2.05) is 24.3 Å². The second-order valence-corrected chi connectivity index (χ2v) is 5.07. The first kappa shape index (κ1) is 14.0. The van der Waals surface area contributed by atoms with Gasteiger partial charge in [0.05, 0.1) is 6.10 Å². The number of benzene rings is 1. The zero-order valence-corrected chi connectivity index (χ0v) is 11.0. The molecule has 0 amide bonds. The van der Waals surface area contributed by atoms with Gasteiger partial charge in [0.15, 0.2) is 0 Å². The summed E-state index contributed by atoms with van der Waals surface area (Å²) in [6, 6.07) is 8.00. The van der Waals surface area contributed by atoms with Gasteiger partial charge in [0.25, 0.3) is 0 Å². The van der Waals surface area contributed by atoms with E-state index in [0.29, 0.717) is 5.92 Å². The second-order valence-electron chi connectivity index (χ2n) is 5.07. The van der Waals surface area contributed by atoms with Crippen LogP contribution in [0.5, 0.6) is 0 Å². The van der Waals surface area contributed by atoms with Gasteiger partial charge in [-0.3, -0.25) is 0 Å². The Morgan fingerprint density at radius 3 is 2.24 bits per heavy atom. The largest absolute Gasteiger partial charge is 0.389 e. The summed E-state index contributed by atoms with van der Waals surface area (Å²) in [5, 5.41) is 12.7. The Kier molecular flexibility index (Phi) is 5.45. The predicted octanol–water partition coefficient (Wildman–Crippen LogP) is 2.53. The van der Waals surface area contributed by atoms with Crippen molar-refractivity contribution in [3.8, 4) is 0 Å². The average Bonchev–Trinajstić information content (AvgIpc) is 2.26. The van der Waals surface area contributed by atoms with Crippen molar-refractivity contribution in [2.45, 2.75) is 39.3 Å². The van der Waals surface area contributed by atoms with Crippen LogP contribution in [0.1, 0.15) is 38.9 Å². The highest BCUT2D eigenvalue weighted by atomic mass is 16.3. The summed E-state index contributed by atoms with van der Waals surface area (Å²) in [6.07, 6.45) is 0.617. The summed E-state index contributed by atoms with van der Waals surface area (Å²) < 4.78 is 0. The Hall–Kier alpha value is -1.06. The third-order valence-corrected chi connectivity index (χ3v) is 2.74. The topological polar surface area (TPSA) is 58.3 Å². The first-order valence-corrected chi connectivity index (χ1v) is 6.26. The maximum atomic E-state index is 9.39. The molecule has 0 aromatic heterocycles. The van der Waals surface area contributed by atoms with Gasteiger partial charge in [0, 0.05) is 18.3 Å². The van der Waals surface area contributed by atoms with Crippen molar-refractivity contribution in [2.24, 2.45) is 11.7 Å². The number of aliphatic hydroxyl groups excluding tert-OH is 1. The van der Waals surface area contributed by atoms with Crippen LogP contribution < -0.4 is 11.1 Å². The standard InChI is InChI=1S/C14H24N2O/c1-10(2)8-13(15)9-16-14-6-4-12(5-7-14)11(3)17/h4-7,10-11,13,16-17H,8-9,15H2,1-3H3. The molecule has 2 unspecified atom stereocenters. The lowest BCUT2D eigenvalue weighted by molar-refractivity contribution is 0.199. The van der Waals surface area contributed by atoms with Gasteiger partial charge in [0.2, 0.25) is 0 Å². The molecule has 3 heteroatoms. The van der Waals surface area contributed by atoms with Gasteiger partial charge >= 0.3 is 0 Å². The number of hydrogen-bond acceptors (Lipinski definition) is 3. The Morgan fingerprint density at radius 1 is 1.18 bits per heavy atom. The molecular formula is C14H24N2O. The molecule has 1 aromatic carbocycles. The fourth-order valence-electron chi connectivity index (χ4n) is 1.82. The Morgan fingerprint density at radius 2 is 1.76 bits per heavy atom. The molecule has 0 aliphatic heterocycles. The van der Waals surface area contributed by atoms with E-state index in [1.54, 1.807) is 6.92 Å². The number of nitrogens with two attached hydrogens (primary N) is 1. The number of anilines is 1. The van der Waals surface area contributed by atoms with Gasteiger partial charge in [0.1, 0.15) is 0 Å². The Bertz CT molecular complexity index is 319. The van der Waals surface area contributed by atoms with E-state index < -0.39 is 6.10 Å². The highest BCUT2D eigenvalue weighted by molar-refractivity contribution is 5.45. The van der Waals surface area contributed by atoms with E-state index in [4.69, 9.17) is 5.73 Å². The van der Waals surface area contributed by atoms with Crippen molar-refractivity contribution in [3.63, 3.8) is 0 Å². The van der Waals surface area contributed by atoms with Crippen molar-refractivity contribution in [1.29, 1.82) is 0 Å². The smallest absolute Gasteiger partial charge is 0.0761 e. The van der Waals surface area contributed by atoms with Crippen LogP contribution in [0.3, 0.4) is 0 Å². The minimum atomic E-state index is -0.410. The number of nitrogens with one attached hydrogen (secondary N) is 1. The van der Waals surface area contributed by atoms with Gasteiger partial charge in [-0.2, -0.15) is 0 Å². The third-order valence-electron chi connectivity index (χ3n) is 2.74. The van der Waals surface area contributed by atoms with E-state index in [9.17, 15) is 5.11 Å². The summed E-state index contributed by atoms with van der Waals surface area (Å²) in [4.78, 5) is 0. The van der Waals surface area contributed by atoms with E-state index >= 15 is 0 Å². The van der Waals surface area contributed by atoms with Crippen molar-refractivity contribution in [3.05, 3.63) is 29.8 Å². The Balaban J connectivity index is 2.42. The second kappa shape index (κ2) is 6.62. The predicted molar refractivity (Wildman–Crippen MR) is 73.0 cm³/mol. The maximum absolute atomic E-state index is 9.39. The molecule has 1 rings (SSSR count). The molecule has 0 fully saturated rings. The van der Waals surface area contributed by atoms with E-state index in [-0.39, 0.29) is 6.04 Å². The lowest BCUT2D eigenvalue weighted by Gasteiger charge is -2.16. The molecule has 1 aromatic rings. The quantitative estimate of drug-likeness (QED) is 0.711. The monoisotopic (exact) mass is 236 g/mol. The third kappa shape index (κ3) is 5.20. The summed E-state index contributed by atoms with van der Waals surface area (Å²) in [5.41, 5.74) is 7.98. The lowest BCUT2D eigenvalue weighted by atomic mass is 10.0. The number of hydrogen-bond donors (Lipinski definition) is 3. The first-order valence-electron chi connectivity index (χ1n) is 6.26. The summed E-state index contributed by atoms with van der Waals surface area (Å²) in [5.74, 6) is 0.629. The molecule has 0 aliphatic carbocycles. The molecule has 0 spiro atoms. The van der Waals surface area contributed by atoms with E-state index in [0.717, 1.165) is 24.2 Å². The molecule has 0 aliphatic rings. The van der Waals surface area contributed by atoms with Gasteiger partial charge in [-0.15, -0.1) is 0 Å². The van der Waals surface area contributed by atoms with Crippen LogP contribution in [0, 0.1) is 5.92 Å². The average molecular weight is 236 g/mol. The van der Waals surface area contributed by atoms with Crippen LogP contribution in [0.25, 0.3) is 0 Å². The highest BCUT2D eigenvalue weighted by Crippen LogP contribution is 2.15. The van der Waals surface area contributed by atoms with Crippen LogP contribution in [-0.2, 0) is 0 Å². The number of rotatable bonds is 6. The fraction of sp³-hybridized carbons (Fsp3) is 0.571. The van der Waals surface area contributed by atoms with E-state index in [1.165, 1.54) is 0 Å². The van der Waals surface area contributed by atoms with Gasteiger partial charge < -0.3 is 16.2 Å². The van der Waals surface area contributed by atoms with Crippen molar-refractivity contribution >= 4 is 5.69 Å². The first-order chi connectivity index (χ1) is 7.99. The minimum Gasteiger partial charge on any atom is -0.389 e. The van der Waals surface area contributed by atoms with Crippen LogP contribution in [0.4, 0.5) is 5.69 Å². The zero-order chi connectivity index (χ0) is 12.8. The molecular weight excluding hydrogens is 212 g/mol. The van der Waals surface area contributed by atoms with Gasteiger partial charge in [-0.1, -0.05) is 26.0 Å². The molecule has 0 radical (unpaired) electrons. The molecule has 2 atom stereocenters. The van der Waals surface area contributed by atoms with Crippen molar-refractivity contribution in [1.82, 2.24) is 0 Å². The van der Waals surface area contributed by atoms with Crippen LogP contribution in [0.2, 0.25) is 0 Å². The lowest BCUT2D eigenvalue weighted by Crippen LogP contribution is -2.30. The fourth-order valence-corrected chi connectivity index (χ4v) is 1.82. The molecule has 96 valence electrons. The molecule has 17 heavy (non-hydrogen) atoms. The molecule has 0 heterocycles. The SMILES string of the molecule is CC(C)CC(N)CNc1ccc(C(C)O)cc1. The van der Waals surface area contributed by atoms with Crippen molar-refractivity contribution in [2.75, 3.05) is 11.9 Å². The zero-order valence-electron chi connectivity index (χ0n) is 11.0. The number of aliphatic hydroxyl groups is 1. The molecule has 0 bridgehead atoms. The van der Waals surface area contributed by atoms with Crippen LogP contribution >= 0.6 is 0 Å². The minimum absolute atomic E-state index is 0.187. The van der Waals surface area contributed by atoms with E-state index in [2.05, 4.69) is 19.2 Å². The molecule has 3 nitrogen and oxygen atoms in total. The summed E-state index contributed by atoms with van der Waals surface area (Å²) in [7, 11) is 0. The molecule has 0 saturated carbocycles. The Labute approximate surface area is 104 Å². The van der Waals surface area contributed by atoms with Gasteiger partial charge in [-0.25, -0.2) is 0 Å². The van der Waals surface area contributed by atoms with Gasteiger partial charge in [-0.05, 0) is 37.0 Å². The summed E-state index contributed by atoms with van der Waals surface area (Å²) in [6.45, 7) is 6.90. The van der Waals surface area contributed by atoms with Crippen molar-refractivity contribution < 1.29 is 5.11 Å². The highest BCUT2D eigenvalue weighted by Gasteiger charge is 2.05.